The quantitative estimate of drug-likeness (QED) is 0.291. The minimum absolute atomic E-state index is 0.218. The predicted octanol–water partition coefficient (Wildman–Crippen LogP) is 5.67. The van der Waals surface area contributed by atoms with Gasteiger partial charge in [0.15, 0.2) is 12.1 Å². The molecule has 1 heterocycles. The molecule has 1 fully saturated rings. The number of ether oxygens (including phenoxy) is 2. The molecule has 0 spiro atoms. The third-order valence-corrected chi connectivity index (χ3v) is 7.00. The summed E-state index contributed by atoms with van der Waals surface area (Å²) in [5.41, 5.74) is 3.34. The molecular formula is C33H31N3O5. The number of nitrogens with one attached hydrogen (secondary N) is 1. The number of hydrogen-bond donors (Lipinski definition) is 1. The van der Waals surface area contributed by atoms with Crippen LogP contribution in [0.2, 0.25) is 0 Å². The zero-order chi connectivity index (χ0) is 28.8. The number of nitrogens with zero attached hydrogens (tertiary/aromatic N) is 2. The van der Waals surface area contributed by atoms with Gasteiger partial charge in [0.05, 0.1) is 19.2 Å². The van der Waals surface area contributed by atoms with Crippen LogP contribution in [0.15, 0.2) is 109 Å². The molecule has 1 N–H and O–H groups in total. The van der Waals surface area contributed by atoms with E-state index in [1.807, 2.05) is 60.7 Å². The van der Waals surface area contributed by atoms with Gasteiger partial charge in [0.2, 0.25) is 5.91 Å². The number of amides is 3. The molecule has 2 atom stereocenters. The highest BCUT2D eigenvalue weighted by molar-refractivity contribution is 6.06. The highest BCUT2D eigenvalue weighted by atomic mass is 16.6. The Bertz CT molecular complexity index is 1530. The van der Waals surface area contributed by atoms with Crippen LogP contribution >= 0.6 is 0 Å². The van der Waals surface area contributed by atoms with E-state index in [0.717, 1.165) is 11.1 Å². The maximum absolute atomic E-state index is 14.0. The number of benzene rings is 4. The normalized spacial score (nSPS) is 16.1. The number of anilines is 1. The van der Waals surface area contributed by atoms with E-state index in [9.17, 15) is 14.4 Å². The Labute approximate surface area is 239 Å². The number of cyclic esters (lactones) is 1. The number of likely N-dealkylation sites (N-methyl/N-ethyl adjacent to an activating group) is 1. The molecule has 1 aliphatic rings. The molecule has 0 saturated carbocycles. The molecule has 2 unspecified atom stereocenters. The summed E-state index contributed by atoms with van der Waals surface area (Å²) >= 11 is 0. The lowest BCUT2D eigenvalue weighted by molar-refractivity contribution is -0.136. The van der Waals surface area contributed by atoms with E-state index in [2.05, 4.69) is 5.32 Å². The minimum Gasteiger partial charge on any atom is -0.496 e. The number of rotatable bonds is 9. The second kappa shape index (κ2) is 12.4. The van der Waals surface area contributed by atoms with E-state index in [-0.39, 0.29) is 18.4 Å². The van der Waals surface area contributed by atoms with Gasteiger partial charge in [0, 0.05) is 19.3 Å². The number of methoxy groups -OCH3 is 1. The summed E-state index contributed by atoms with van der Waals surface area (Å²) in [6, 6.07) is 32.2. The summed E-state index contributed by atoms with van der Waals surface area (Å²) in [6.07, 6.45) is -1.45. The van der Waals surface area contributed by atoms with E-state index < -0.39 is 18.2 Å². The van der Waals surface area contributed by atoms with Crippen molar-refractivity contribution in [3.8, 4) is 5.75 Å². The largest absolute Gasteiger partial charge is 0.496 e. The Morgan fingerprint density at radius 2 is 1.54 bits per heavy atom. The molecule has 1 aliphatic heterocycles. The Hall–Kier alpha value is -5.11. The van der Waals surface area contributed by atoms with E-state index >= 15 is 0 Å². The van der Waals surface area contributed by atoms with Crippen LogP contribution < -0.4 is 10.1 Å². The van der Waals surface area contributed by atoms with Crippen molar-refractivity contribution in [3.05, 3.63) is 131 Å². The second-order valence-corrected chi connectivity index (χ2v) is 9.82. The first-order valence-corrected chi connectivity index (χ1v) is 13.3. The number of para-hydroxylation sites is 1. The molecule has 41 heavy (non-hydrogen) atoms. The summed E-state index contributed by atoms with van der Waals surface area (Å²) in [6.45, 7) is 0.598. The summed E-state index contributed by atoms with van der Waals surface area (Å²) in [5.74, 6) is -0.136. The van der Waals surface area contributed by atoms with Gasteiger partial charge in [-0.1, -0.05) is 84.9 Å². The Kier molecular flexibility index (Phi) is 8.29. The molecule has 4 aromatic rings. The van der Waals surface area contributed by atoms with Gasteiger partial charge >= 0.3 is 6.09 Å². The maximum Gasteiger partial charge on any atom is 0.411 e. The van der Waals surface area contributed by atoms with Gasteiger partial charge in [-0.3, -0.25) is 14.5 Å². The van der Waals surface area contributed by atoms with Crippen LogP contribution in [-0.4, -0.2) is 47.9 Å². The van der Waals surface area contributed by atoms with Crippen LogP contribution in [0, 0.1) is 0 Å². The summed E-state index contributed by atoms with van der Waals surface area (Å²) < 4.78 is 11.2. The molecule has 1 saturated heterocycles. The Morgan fingerprint density at radius 1 is 0.878 bits per heavy atom. The predicted molar refractivity (Wildman–Crippen MR) is 155 cm³/mol. The van der Waals surface area contributed by atoms with Crippen molar-refractivity contribution in [2.75, 3.05) is 19.5 Å². The van der Waals surface area contributed by atoms with Crippen molar-refractivity contribution in [2.24, 2.45) is 0 Å². The standard InChI is InChI=1S/C33H31N3O5/c1-35(21-23-12-5-3-6-13-23)32(38)29-30(41-33(39)36(29)22-24-14-7-4-8-15-24)25-16-11-17-26(20-25)34-31(37)27-18-9-10-19-28(27)40-2/h3-20,29-30H,21-22H2,1-2H3,(H,34,37). The monoisotopic (exact) mass is 549 g/mol. The van der Waals surface area contributed by atoms with Crippen LogP contribution in [0.3, 0.4) is 0 Å². The zero-order valence-electron chi connectivity index (χ0n) is 22.9. The lowest BCUT2D eigenvalue weighted by atomic mass is 9.99. The molecule has 0 aromatic heterocycles. The van der Waals surface area contributed by atoms with Gasteiger partial charge in [-0.2, -0.15) is 0 Å². The second-order valence-electron chi connectivity index (χ2n) is 9.82. The van der Waals surface area contributed by atoms with Gasteiger partial charge in [-0.25, -0.2) is 4.79 Å². The lowest BCUT2D eigenvalue weighted by Crippen LogP contribution is -2.46. The molecule has 4 aromatic carbocycles. The molecule has 0 radical (unpaired) electrons. The molecule has 5 rings (SSSR count). The van der Waals surface area contributed by atoms with Crippen molar-refractivity contribution in [1.82, 2.24) is 9.80 Å². The first-order chi connectivity index (χ1) is 19.9. The Morgan fingerprint density at radius 3 is 2.24 bits per heavy atom. The lowest BCUT2D eigenvalue weighted by Gasteiger charge is -2.28. The van der Waals surface area contributed by atoms with Crippen molar-refractivity contribution < 1.29 is 23.9 Å². The van der Waals surface area contributed by atoms with Crippen molar-refractivity contribution in [1.29, 1.82) is 0 Å². The maximum atomic E-state index is 14.0. The van der Waals surface area contributed by atoms with E-state index in [1.165, 1.54) is 12.0 Å². The highest BCUT2D eigenvalue weighted by Crippen LogP contribution is 2.36. The molecular weight excluding hydrogens is 518 g/mol. The fourth-order valence-electron chi connectivity index (χ4n) is 4.96. The molecule has 0 aliphatic carbocycles. The van der Waals surface area contributed by atoms with Crippen LogP contribution in [0.4, 0.5) is 10.5 Å². The van der Waals surface area contributed by atoms with Crippen LogP contribution in [0.25, 0.3) is 0 Å². The van der Waals surface area contributed by atoms with Gasteiger partial charge in [0.25, 0.3) is 5.91 Å². The summed E-state index contributed by atoms with van der Waals surface area (Å²) in [7, 11) is 3.23. The van der Waals surface area contributed by atoms with Crippen molar-refractivity contribution in [3.63, 3.8) is 0 Å². The molecule has 208 valence electrons. The van der Waals surface area contributed by atoms with E-state index in [1.54, 1.807) is 60.5 Å². The fraction of sp³-hybridized carbons (Fsp3) is 0.182. The summed E-state index contributed by atoms with van der Waals surface area (Å²) in [5, 5.41) is 2.89. The van der Waals surface area contributed by atoms with Crippen LogP contribution in [0.1, 0.15) is 33.2 Å². The first kappa shape index (κ1) is 27.5. The van der Waals surface area contributed by atoms with E-state index in [0.29, 0.717) is 29.1 Å². The molecule has 8 heteroatoms. The van der Waals surface area contributed by atoms with Gasteiger partial charge < -0.3 is 19.7 Å². The van der Waals surface area contributed by atoms with Crippen molar-refractivity contribution >= 4 is 23.6 Å². The van der Waals surface area contributed by atoms with Crippen molar-refractivity contribution in [2.45, 2.75) is 25.2 Å². The van der Waals surface area contributed by atoms with E-state index in [4.69, 9.17) is 9.47 Å². The fourth-order valence-corrected chi connectivity index (χ4v) is 4.96. The molecule has 8 nitrogen and oxygen atoms in total. The average Bonchev–Trinajstić information content (AvgIpc) is 3.33. The minimum atomic E-state index is -0.906. The third kappa shape index (κ3) is 6.22. The van der Waals surface area contributed by atoms with Gasteiger partial charge in [0.1, 0.15) is 5.75 Å². The van der Waals surface area contributed by atoms with Gasteiger partial charge in [-0.05, 0) is 41.0 Å². The summed E-state index contributed by atoms with van der Waals surface area (Å²) in [4.78, 5) is 43.3. The molecule has 0 bridgehead atoms. The number of carbonyl (C=O) groups excluding carboxylic acids is 3. The smallest absolute Gasteiger partial charge is 0.411 e. The zero-order valence-corrected chi connectivity index (χ0v) is 22.9. The SMILES string of the molecule is COc1ccccc1C(=O)Nc1cccc(C2OC(=O)N(Cc3ccccc3)C2C(=O)N(C)Cc2ccccc2)c1. The first-order valence-electron chi connectivity index (χ1n) is 13.3. The van der Waals surface area contributed by atoms with Crippen LogP contribution in [0.5, 0.6) is 5.75 Å². The Balaban J connectivity index is 1.43. The number of hydrogen-bond acceptors (Lipinski definition) is 5. The topological polar surface area (TPSA) is 88.2 Å². The van der Waals surface area contributed by atoms with Gasteiger partial charge in [-0.15, -0.1) is 0 Å². The van der Waals surface area contributed by atoms with Crippen LogP contribution in [-0.2, 0) is 22.6 Å². The molecule has 3 amide bonds. The average molecular weight is 550 g/mol. The third-order valence-electron chi connectivity index (χ3n) is 7.00. The number of carbonyl (C=O) groups is 3. The highest BCUT2D eigenvalue weighted by Gasteiger charge is 2.48.